The molecule has 3 nitrogen and oxygen atoms in total. The normalized spacial score (nSPS) is 15.1. The summed E-state index contributed by atoms with van der Waals surface area (Å²) >= 11 is 1.81. The largest absolute Gasteiger partial charge is 0.343 e. The zero-order valence-electron chi connectivity index (χ0n) is 13.0. The number of anilines is 1. The van der Waals surface area contributed by atoms with Crippen molar-refractivity contribution in [3.63, 3.8) is 0 Å². The molecule has 1 aliphatic heterocycles. The molecule has 1 aromatic heterocycles. The van der Waals surface area contributed by atoms with Crippen molar-refractivity contribution in [3.8, 4) is 0 Å². The Kier molecular flexibility index (Phi) is 4.00. The third kappa shape index (κ3) is 3.63. The fourth-order valence-corrected chi connectivity index (χ4v) is 3.41. The zero-order valence-corrected chi connectivity index (χ0v) is 13.8. The van der Waals surface area contributed by atoms with E-state index in [0.29, 0.717) is 0 Å². The second-order valence-corrected chi connectivity index (χ2v) is 7.75. The molecule has 0 unspecified atom stereocenters. The fourth-order valence-electron chi connectivity index (χ4n) is 2.54. The second kappa shape index (κ2) is 5.78. The van der Waals surface area contributed by atoms with Gasteiger partial charge in [-0.15, -0.1) is 11.3 Å². The number of aromatic nitrogens is 1. The Morgan fingerprint density at radius 1 is 1.24 bits per heavy atom. The molecular weight excluding hydrogens is 278 g/mol. The quantitative estimate of drug-likeness (QED) is 0.939. The highest BCUT2D eigenvalue weighted by molar-refractivity contribution is 7.15. The third-order valence-electron chi connectivity index (χ3n) is 3.74. The predicted octanol–water partition coefficient (Wildman–Crippen LogP) is 3.59. The number of nitrogens with zero attached hydrogens (tertiary/aromatic N) is 2. The van der Waals surface area contributed by atoms with Crippen molar-refractivity contribution < 1.29 is 0 Å². The van der Waals surface area contributed by atoms with Crippen LogP contribution < -0.4 is 10.2 Å². The number of hydrogen-bond donors (Lipinski definition) is 1. The number of benzene rings is 1. The van der Waals surface area contributed by atoms with E-state index >= 15 is 0 Å². The Hall–Kier alpha value is -1.39. The molecule has 21 heavy (non-hydrogen) atoms. The van der Waals surface area contributed by atoms with Crippen LogP contribution in [0.15, 0.2) is 30.5 Å². The van der Waals surface area contributed by atoms with Crippen molar-refractivity contribution in [3.05, 3.63) is 46.5 Å². The lowest BCUT2D eigenvalue weighted by Crippen LogP contribution is -2.34. The van der Waals surface area contributed by atoms with Crippen molar-refractivity contribution in [2.45, 2.75) is 45.8 Å². The summed E-state index contributed by atoms with van der Waals surface area (Å²) in [6.07, 6.45) is 3.13. The van der Waals surface area contributed by atoms with E-state index in [2.05, 4.69) is 60.2 Å². The highest BCUT2D eigenvalue weighted by atomic mass is 32.1. The number of thiazole rings is 1. The molecule has 0 spiro atoms. The first kappa shape index (κ1) is 14.5. The van der Waals surface area contributed by atoms with Crippen molar-refractivity contribution >= 4 is 16.5 Å². The van der Waals surface area contributed by atoms with Gasteiger partial charge in [-0.25, -0.2) is 4.98 Å². The summed E-state index contributed by atoms with van der Waals surface area (Å²) in [5.74, 6) is 0. The van der Waals surface area contributed by atoms with Gasteiger partial charge in [-0.3, -0.25) is 0 Å². The van der Waals surface area contributed by atoms with Crippen molar-refractivity contribution in [1.82, 2.24) is 10.3 Å². The van der Waals surface area contributed by atoms with Crippen LogP contribution in [0.4, 0.5) is 5.13 Å². The number of rotatable bonds is 3. The lowest BCUT2D eigenvalue weighted by molar-refractivity contribution is 0.426. The maximum Gasteiger partial charge on any atom is 0.185 e. The van der Waals surface area contributed by atoms with E-state index < -0.39 is 0 Å². The molecule has 1 aliphatic rings. The average Bonchev–Trinajstić information content (AvgIpc) is 2.93. The van der Waals surface area contributed by atoms with Gasteiger partial charge in [0.2, 0.25) is 0 Å². The molecule has 0 fully saturated rings. The monoisotopic (exact) mass is 301 g/mol. The fraction of sp³-hybridized carbons (Fsp3) is 0.471. The third-order valence-corrected chi connectivity index (χ3v) is 4.79. The number of hydrogen-bond acceptors (Lipinski definition) is 4. The van der Waals surface area contributed by atoms with Crippen LogP contribution in [0.2, 0.25) is 0 Å². The van der Waals surface area contributed by atoms with Gasteiger partial charge < -0.3 is 10.2 Å². The van der Waals surface area contributed by atoms with Crippen LogP contribution in [-0.4, -0.2) is 17.1 Å². The van der Waals surface area contributed by atoms with Gasteiger partial charge in [-0.1, -0.05) is 24.3 Å². The van der Waals surface area contributed by atoms with Gasteiger partial charge in [0.1, 0.15) is 0 Å². The highest BCUT2D eigenvalue weighted by Gasteiger charge is 2.19. The molecule has 1 aromatic carbocycles. The van der Waals surface area contributed by atoms with Crippen LogP contribution in [0.3, 0.4) is 0 Å². The summed E-state index contributed by atoms with van der Waals surface area (Å²) in [7, 11) is 0. The van der Waals surface area contributed by atoms with Crippen LogP contribution in [0.25, 0.3) is 0 Å². The first-order valence-corrected chi connectivity index (χ1v) is 8.34. The molecule has 1 N–H and O–H groups in total. The number of fused-ring (bicyclic) bond motifs is 1. The van der Waals surface area contributed by atoms with Gasteiger partial charge in [-0.05, 0) is 38.3 Å². The van der Waals surface area contributed by atoms with Gasteiger partial charge in [0.25, 0.3) is 0 Å². The van der Waals surface area contributed by atoms with E-state index in [-0.39, 0.29) is 5.54 Å². The van der Waals surface area contributed by atoms with Crippen molar-refractivity contribution in [2.24, 2.45) is 0 Å². The molecule has 4 heteroatoms. The minimum absolute atomic E-state index is 0.147. The van der Waals surface area contributed by atoms with E-state index in [1.165, 1.54) is 16.0 Å². The molecule has 112 valence electrons. The van der Waals surface area contributed by atoms with Gasteiger partial charge in [0.05, 0.1) is 0 Å². The molecule has 0 bridgehead atoms. The van der Waals surface area contributed by atoms with Gasteiger partial charge in [0, 0.05) is 36.2 Å². The van der Waals surface area contributed by atoms with Crippen LogP contribution in [-0.2, 0) is 19.5 Å². The minimum Gasteiger partial charge on any atom is -0.343 e. The van der Waals surface area contributed by atoms with Gasteiger partial charge >= 0.3 is 0 Å². The molecule has 2 aromatic rings. The summed E-state index contributed by atoms with van der Waals surface area (Å²) in [6.45, 7) is 9.52. The first-order chi connectivity index (χ1) is 10.0. The Balaban J connectivity index is 1.67. The maximum absolute atomic E-state index is 4.62. The lowest BCUT2D eigenvalue weighted by Gasteiger charge is -2.28. The standard InChI is InChI=1S/C17H23N3S/c1-17(2,3)19-11-15-10-18-16(21-15)20-9-8-13-6-4-5-7-14(13)12-20/h4-7,10,19H,8-9,11-12H2,1-3H3. The zero-order chi connectivity index (χ0) is 14.9. The van der Waals surface area contributed by atoms with E-state index in [1.807, 2.05) is 17.5 Å². The molecule has 0 aliphatic carbocycles. The maximum atomic E-state index is 4.62. The second-order valence-electron chi connectivity index (χ2n) is 6.65. The van der Waals surface area contributed by atoms with Crippen molar-refractivity contribution in [2.75, 3.05) is 11.4 Å². The average molecular weight is 301 g/mol. The van der Waals surface area contributed by atoms with E-state index in [0.717, 1.165) is 31.2 Å². The van der Waals surface area contributed by atoms with Crippen LogP contribution in [0, 0.1) is 0 Å². The summed E-state index contributed by atoms with van der Waals surface area (Å²) in [4.78, 5) is 8.32. The Morgan fingerprint density at radius 3 is 2.76 bits per heavy atom. The Bertz CT molecular complexity index is 612. The van der Waals surface area contributed by atoms with Crippen LogP contribution in [0.5, 0.6) is 0 Å². The number of nitrogens with one attached hydrogen (secondary N) is 1. The van der Waals surface area contributed by atoms with Gasteiger partial charge in [-0.2, -0.15) is 0 Å². The Labute approximate surface area is 131 Å². The summed E-state index contributed by atoms with van der Waals surface area (Å²) in [6, 6.07) is 8.74. The van der Waals surface area contributed by atoms with Crippen LogP contribution in [0.1, 0.15) is 36.8 Å². The highest BCUT2D eigenvalue weighted by Crippen LogP contribution is 2.28. The summed E-state index contributed by atoms with van der Waals surface area (Å²) in [5, 5.41) is 4.67. The van der Waals surface area contributed by atoms with E-state index in [9.17, 15) is 0 Å². The Morgan fingerprint density at radius 2 is 2.00 bits per heavy atom. The van der Waals surface area contributed by atoms with Crippen molar-refractivity contribution in [1.29, 1.82) is 0 Å². The summed E-state index contributed by atoms with van der Waals surface area (Å²) < 4.78 is 0. The topological polar surface area (TPSA) is 28.2 Å². The van der Waals surface area contributed by atoms with E-state index in [1.54, 1.807) is 0 Å². The predicted molar refractivity (Wildman–Crippen MR) is 89.9 cm³/mol. The molecule has 0 saturated carbocycles. The smallest absolute Gasteiger partial charge is 0.185 e. The molecule has 0 atom stereocenters. The van der Waals surface area contributed by atoms with Crippen LogP contribution >= 0.6 is 11.3 Å². The lowest BCUT2D eigenvalue weighted by atomic mass is 10.0. The van der Waals surface area contributed by atoms with Gasteiger partial charge in [0.15, 0.2) is 5.13 Å². The minimum atomic E-state index is 0.147. The molecule has 3 rings (SSSR count). The summed E-state index contributed by atoms with van der Waals surface area (Å²) in [5.41, 5.74) is 3.07. The van der Waals surface area contributed by atoms with E-state index in [4.69, 9.17) is 0 Å². The SMILES string of the molecule is CC(C)(C)NCc1cnc(N2CCc3ccccc3C2)s1. The molecule has 2 heterocycles. The molecule has 0 amide bonds. The molecule has 0 radical (unpaired) electrons. The first-order valence-electron chi connectivity index (χ1n) is 7.53. The molecule has 0 saturated heterocycles. The molecular formula is C17H23N3S.